The van der Waals surface area contributed by atoms with E-state index >= 15 is 0 Å². The molecule has 0 aromatic heterocycles. The van der Waals surface area contributed by atoms with E-state index in [2.05, 4.69) is 6.08 Å². The van der Waals surface area contributed by atoms with Crippen LogP contribution in [0.3, 0.4) is 0 Å². The highest BCUT2D eigenvalue weighted by Crippen LogP contribution is 2.94. The number of ether oxygens (including phenoxy) is 4. The summed E-state index contributed by atoms with van der Waals surface area (Å²) in [6.45, 7) is 23.0. The number of benzene rings is 2. The molecule has 4 saturated heterocycles. The molecule has 2 unspecified atom stereocenters. The van der Waals surface area contributed by atoms with Gasteiger partial charge in [0.15, 0.2) is 11.1 Å². The molecule has 10 amide bonds. The van der Waals surface area contributed by atoms with Crippen LogP contribution in [0.5, 0.6) is 0 Å². The van der Waals surface area contributed by atoms with Crippen LogP contribution in [-0.4, -0.2) is 194 Å². The molecule has 90 heavy (non-hydrogen) atoms. The Kier molecular flexibility index (Phi) is 11.2. The normalized spacial score (nSPS) is 36.6. The summed E-state index contributed by atoms with van der Waals surface area (Å²) >= 11 is 0. The number of hydrogen-bond acceptors (Lipinski definition) is 15. The fourth-order valence-corrected chi connectivity index (χ4v) is 17.5. The van der Waals surface area contributed by atoms with Crippen molar-refractivity contribution in [3.8, 4) is 0 Å². The fourth-order valence-electron chi connectivity index (χ4n) is 17.5. The standard InChI is InChI=1S/2C19H20N2O4.C19H19N2O4.C11H17NO3/c3*1-17(2,3)25-16(24)21-13(18-9-19(18,21)10-18)8-20-14(22)11-6-4-5-7-12(11)15(20)23;1-9(2,3)15-8(14)12-7(4-13)10-5-11(10,12)6-10/h2*4-7,13H,8-10H2,1-3H3;4,6-7,13H,8-10H2,1-3H3;7,13H,4-6H2,1-3H3/q;;+1;/t13-,18?,19?;;13-,18?,19?;/m0.1./s1. The van der Waals surface area contributed by atoms with E-state index in [-0.39, 0.29) is 149 Å². The highest BCUT2D eigenvalue weighted by Gasteiger charge is 3.01. The maximum absolute atomic E-state index is 12.6. The van der Waals surface area contributed by atoms with Crippen molar-refractivity contribution >= 4 is 59.8 Å². The molecule has 12 fully saturated rings. The molecule has 18 rings (SSSR count). The number of likely N-dealkylation sites (tertiary alicyclic amines) is 4. The van der Waals surface area contributed by atoms with E-state index < -0.39 is 22.4 Å². The number of rotatable bonds is 7. The lowest BCUT2D eigenvalue weighted by Gasteiger charge is -2.41. The van der Waals surface area contributed by atoms with Crippen LogP contribution in [0.2, 0.25) is 0 Å². The summed E-state index contributed by atoms with van der Waals surface area (Å²) in [5, 5.41) is 9.24. The fraction of sp³-hybridized carbons (Fsp3) is 0.588. The van der Waals surface area contributed by atoms with Gasteiger partial charge in [-0.25, -0.2) is 19.2 Å². The second-order valence-electron chi connectivity index (χ2n) is 32.0. The first kappa shape index (κ1) is 58.4. The van der Waals surface area contributed by atoms with Gasteiger partial charge in [-0.15, -0.1) is 0 Å². The Labute approximate surface area is 521 Å². The first-order valence-corrected chi connectivity index (χ1v) is 31.4. The molecule has 1 N–H and O–H groups in total. The van der Waals surface area contributed by atoms with Crippen LogP contribution >= 0.6 is 0 Å². The topological polar surface area (TPSA) is 251 Å². The molecular formula is C68H76N7O15+. The van der Waals surface area contributed by atoms with Gasteiger partial charge in [-0.05, 0) is 159 Å². The number of aliphatic hydroxyl groups excluding tert-OH is 1. The summed E-state index contributed by atoms with van der Waals surface area (Å²) in [5.41, 5.74) is 1.13. The number of nitrogens with zero attached hydrogens (tertiary/aromatic N) is 7. The Balaban J connectivity index is 0.000000102. The highest BCUT2D eigenvalue weighted by atomic mass is 16.6. The number of imide groups is 3. The number of carbonyl (C=O) groups is 10. The average Bonchev–Trinajstić information content (AvgIpc) is 1.43. The minimum atomic E-state index is -0.564. The molecular weight excluding hydrogens is 1150 g/mol. The number of allylic oxidation sites excluding steroid dienone is 2. The molecule has 22 heteroatoms. The Morgan fingerprint density at radius 3 is 0.944 bits per heavy atom. The van der Waals surface area contributed by atoms with Crippen molar-refractivity contribution in [2.75, 3.05) is 26.2 Å². The van der Waals surface area contributed by atoms with Gasteiger partial charge in [-0.1, -0.05) is 24.3 Å². The number of fused-ring (bicyclic) bond motifs is 2. The van der Waals surface area contributed by atoms with Crippen molar-refractivity contribution in [1.82, 2.24) is 34.3 Å². The Hall–Kier alpha value is -7.97. The van der Waals surface area contributed by atoms with E-state index in [1.54, 1.807) is 86.4 Å². The van der Waals surface area contributed by atoms with Crippen molar-refractivity contribution in [3.05, 3.63) is 106 Å². The second-order valence-corrected chi connectivity index (χ2v) is 32.0. The largest absolute Gasteiger partial charge is 0.444 e. The molecule has 0 bridgehead atoms. The van der Waals surface area contributed by atoms with Crippen LogP contribution in [0.1, 0.15) is 176 Å². The van der Waals surface area contributed by atoms with Crippen LogP contribution in [0, 0.1) is 27.7 Å². The summed E-state index contributed by atoms with van der Waals surface area (Å²) < 4.78 is 21.9. The lowest BCUT2D eigenvalue weighted by atomic mass is 10.0. The van der Waals surface area contributed by atoms with Gasteiger partial charge in [0.05, 0.1) is 101 Å². The lowest BCUT2D eigenvalue weighted by Crippen LogP contribution is -2.59. The summed E-state index contributed by atoms with van der Waals surface area (Å²) in [7, 11) is 0. The highest BCUT2D eigenvalue weighted by molar-refractivity contribution is 6.23. The molecule has 0 spiro atoms. The zero-order chi connectivity index (χ0) is 64.4. The van der Waals surface area contributed by atoms with E-state index in [1.165, 1.54) is 14.7 Å². The lowest BCUT2D eigenvalue weighted by molar-refractivity contribution is -0.139. The summed E-state index contributed by atoms with van der Waals surface area (Å²) in [6, 6.07) is 13.4. The first-order chi connectivity index (χ1) is 42.0. The quantitative estimate of drug-likeness (QED) is 0.158. The Morgan fingerprint density at radius 2 is 0.678 bits per heavy atom. The van der Waals surface area contributed by atoms with Gasteiger partial charge in [-0.2, -0.15) is 0 Å². The molecule has 22 nitrogen and oxygen atoms in total. The van der Waals surface area contributed by atoms with E-state index in [9.17, 15) is 53.1 Å². The van der Waals surface area contributed by atoms with Gasteiger partial charge in [0, 0.05) is 27.7 Å². The summed E-state index contributed by atoms with van der Waals surface area (Å²) in [6.07, 6.45) is 14.3. The number of aliphatic hydroxyl groups is 1. The van der Waals surface area contributed by atoms with Gasteiger partial charge >= 0.3 is 30.3 Å². The Morgan fingerprint density at radius 1 is 0.422 bits per heavy atom. The zero-order valence-electron chi connectivity index (χ0n) is 52.9. The van der Waals surface area contributed by atoms with Crippen molar-refractivity contribution < 1.29 is 72.0 Å². The molecule has 16 aliphatic rings. The predicted molar refractivity (Wildman–Crippen MR) is 316 cm³/mol. The van der Waals surface area contributed by atoms with Gasteiger partial charge < -0.3 is 24.1 Å². The molecule has 472 valence electrons. The minimum absolute atomic E-state index is 0.0207. The summed E-state index contributed by atoms with van der Waals surface area (Å²) in [4.78, 5) is 136. The van der Waals surface area contributed by atoms with Gasteiger partial charge in [0.2, 0.25) is 0 Å². The Bertz CT molecular complexity index is 3580. The third-order valence-electron chi connectivity index (χ3n) is 22.4. The maximum Gasteiger partial charge on any atom is 0.411 e. The predicted octanol–water partition coefficient (Wildman–Crippen LogP) is 7.73. The third kappa shape index (κ3) is 7.69. The van der Waals surface area contributed by atoms with Crippen molar-refractivity contribution in [2.45, 2.75) is 203 Å². The van der Waals surface area contributed by atoms with Crippen molar-refractivity contribution in [1.29, 1.82) is 0 Å². The first-order valence-electron chi connectivity index (χ1n) is 31.4. The van der Waals surface area contributed by atoms with Gasteiger partial charge in [0.1, 0.15) is 34.6 Å². The van der Waals surface area contributed by atoms with Gasteiger partial charge in [0.25, 0.3) is 29.5 Å². The van der Waals surface area contributed by atoms with Crippen LogP contribution in [0.15, 0.2) is 77.9 Å². The molecule has 4 atom stereocenters. The maximum atomic E-state index is 12.6. The molecule has 7 heterocycles. The smallest absolute Gasteiger partial charge is 0.411 e. The minimum Gasteiger partial charge on any atom is -0.444 e. The van der Waals surface area contributed by atoms with Crippen LogP contribution in [0.4, 0.5) is 19.2 Å². The monoisotopic (exact) mass is 1230 g/mol. The number of carbonyl (C=O) groups excluding carboxylic acids is 10. The van der Waals surface area contributed by atoms with Crippen LogP contribution in [0.25, 0.3) is 0 Å². The van der Waals surface area contributed by atoms with Gasteiger partial charge in [-0.3, -0.25) is 63.1 Å². The summed E-state index contributed by atoms with van der Waals surface area (Å²) in [5.74, 6) is -1.63. The van der Waals surface area contributed by atoms with Crippen molar-refractivity contribution in [2.24, 2.45) is 21.7 Å². The molecule has 0 radical (unpaired) electrons. The molecule has 2 aromatic carbocycles. The second kappa shape index (κ2) is 17.3. The van der Waals surface area contributed by atoms with Crippen LogP contribution < -0.4 is 0 Å². The van der Waals surface area contributed by atoms with E-state index in [0.717, 1.165) is 51.4 Å². The van der Waals surface area contributed by atoms with E-state index in [4.69, 9.17) is 18.9 Å². The number of hydrogen-bond donors (Lipinski definition) is 1. The van der Waals surface area contributed by atoms with E-state index in [1.807, 2.05) is 83.1 Å². The molecule has 2 aromatic rings. The third-order valence-corrected chi connectivity index (χ3v) is 22.4. The molecule has 9 aliphatic carbocycles. The number of amides is 10. The van der Waals surface area contributed by atoms with Crippen molar-refractivity contribution in [3.63, 3.8) is 0 Å². The zero-order valence-corrected chi connectivity index (χ0v) is 52.9. The molecule has 7 aliphatic heterocycles. The molecule has 8 saturated carbocycles. The average molecular weight is 1230 g/mol. The van der Waals surface area contributed by atoms with E-state index in [0.29, 0.717) is 38.8 Å². The van der Waals surface area contributed by atoms with Crippen LogP contribution in [-0.2, 0) is 28.5 Å². The SMILES string of the molecule is CC(C)(C)OC(=O)N1C(CN2C(=O)c3ccccc3C2=O)C23CC12C3.CC(C)(C)OC(=O)N1C(CO)C23CC12C3.CC(C)(C)OC(=O)N1[C@@H](CN2C(=O)c3ccccc3C2=O)C23CC12C3.CC(C)(C)OC(=O)N1[C@H](CN2C(=O)C3=C(C=C[C+]=C3)C2=O)C23CC12C3.